The zero-order valence-electron chi connectivity index (χ0n) is 11.1. The number of carbonyl (C=O) groups excluding carboxylic acids is 1. The highest BCUT2D eigenvalue weighted by Gasteiger charge is 2.10. The topological polar surface area (TPSA) is 62.1 Å². The van der Waals surface area contributed by atoms with Crippen LogP contribution < -0.4 is 10.1 Å². The molecule has 0 aromatic heterocycles. The summed E-state index contributed by atoms with van der Waals surface area (Å²) in [4.78, 5) is 11.5. The third-order valence-corrected chi connectivity index (χ3v) is 2.49. The van der Waals surface area contributed by atoms with Gasteiger partial charge in [-0.1, -0.05) is 19.9 Å². The molecule has 1 rings (SSSR count). The first-order valence-electron chi connectivity index (χ1n) is 6.12. The predicted octanol–water partition coefficient (Wildman–Crippen LogP) is 2.24. The van der Waals surface area contributed by atoms with E-state index < -0.39 is 5.82 Å². The summed E-state index contributed by atoms with van der Waals surface area (Å²) in [5.74, 6) is -0.342. The van der Waals surface area contributed by atoms with Crippen molar-refractivity contribution in [2.75, 3.05) is 13.2 Å². The third kappa shape index (κ3) is 4.96. The normalized spacial score (nSPS) is 10.1. The van der Waals surface area contributed by atoms with E-state index in [-0.39, 0.29) is 23.8 Å². The number of amides is 1. The molecule has 0 radical (unpaired) electrons. The molecule has 0 heterocycles. The van der Waals surface area contributed by atoms with Crippen molar-refractivity contribution in [3.63, 3.8) is 0 Å². The Morgan fingerprint density at radius 1 is 1.53 bits per heavy atom. The lowest BCUT2D eigenvalue weighted by atomic mass is 10.1. The fraction of sp³-hybridized carbons (Fsp3) is 0.429. The summed E-state index contributed by atoms with van der Waals surface area (Å²) >= 11 is 0. The molecule has 1 N–H and O–H groups in total. The molecule has 5 heteroatoms. The van der Waals surface area contributed by atoms with Crippen LogP contribution in [0.15, 0.2) is 18.2 Å². The fourth-order valence-electron chi connectivity index (χ4n) is 1.43. The van der Waals surface area contributed by atoms with Gasteiger partial charge < -0.3 is 10.1 Å². The third-order valence-electron chi connectivity index (χ3n) is 2.49. The van der Waals surface area contributed by atoms with Gasteiger partial charge in [-0.15, -0.1) is 0 Å². The molecule has 0 fully saturated rings. The molecule has 0 atom stereocenters. The van der Waals surface area contributed by atoms with Crippen LogP contribution in [0.1, 0.15) is 25.8 Å². The minimum absolute atomic E-state index is 0.0847. The Balaban J connectivity index is 2.47. The molecule has 102 valence electrons. The molecule has 4 nitrogen and oxygen atoms in total. The minimum Gasteiger partial charge on any atom is -0.482 e. The Morgan fingerprint density at radius 2 is 2.26 bits per heavy atom. The van der Waals surface area contributed by atoms with Gasteiger partial charge in [0, 0.05) is 6.54 Å². The van der Waals surface area contributed by atoms with Crippen LogP contribution in [-0.4, -0.2) is 19.1 Å². The first-order chi connectivity index (χ1) is 9.04. The number of rotatable bonds is 6. The van der Waals surface area contributed by atoms with E-state index in [4.69, 9.17) is 10.00 Å². The van der Waals surface area contributed by atoms with E-state index in [1.165, 1.54) is 18.2 Å². The van der Waals surface area contributed by atoms with Crippen molar-refractivity contribution in [1.82, 2.24) is 5.32 Å². The van der Waals surface area contributed by atoms with E-state index in [2.05, 4.69) is 19.2 Å². The Kier molecular flexibility index (Phi) is 5.80. The van der Waals surface area contributed by atoms with Gasteiger partial charge in [0.05, 0.1) is 0 Å². The summed E-state index contributed by atoms with van der Waals surface area (Å²) in [6.45, 7) is 4.48. The van der Waals surface area contributed by atoms with Crippen LogP contribution in [0.2, 0.25) is 0 Å². The van der Waals surface area contributed by atoms with Crippen LogP contribution in [0.3, 0.4) is 0 Å². The Labute approximate surface area is 112 Å². The Morgan fingerprint density at radius 3 is 2.89 bits per heavy atom. The van der Waals surface area contributed by atoms with Gasteiger partial charge >= 0.3 is 0 Å². The van der Waals surface area contributed by atoms with Gasteiger partial charge in [-0.3, -0.25) is 4.79 Å². The average molecular weight is 264 g/mol. The second kappa shape index (κ2) is 7.37. The summed E-state index contributed by atoms with van der Waals surface area (Å²) in [5.41, 5.74) is -0.183. The average Bonchev–Trinajstić information content (AvgIpc) is 2.36. The van der Waals surface area contributed by atoms with Gasteiger partial charge in [-0.05, 0) is 24.5 Å². The van der Waals surface area contributed by atoms with Gasteiger partial charge in [-0.2, -0.15) is 5.26 Å². The molecular weight excluding hydrogens is 247 g/mol. The number of halogens is 1. The van der Waals surface area contributed by atoms with Crippen molar-refractivity contribution in [3.8, 4) is 11.8 Å². The number of hydrogen-bond acceptors (Lipinski definition) is 3. The molecule has 19 heavy (non-hydrogen) atoms. The molecular formula is C14H17FN2O2. The van der Waals surface area contributed by atoms with Crippen molar-refractivity contribution in [2.45, 2.75) is 20.3 Å². The largest absolute Gasteiger partial charge is 0.482 e. The number of nitrogens with zero attached hydrogens (tertiary/aromatic N) is 1. The van der Waals surface area contributed by atoms with Crippen LogP contribution in [0.25, 0.3) is 0 Å². The van der Waals surface area contributed by atoms with E-state index in [9.17, 15) is 9.18 Å². The predicted molar refractivity (Wildman–Crippen MR) is 69.1 cm³/mol. The smallest absolute Gasteiger partial charge is 0.257 e. The first kappa shape index (κ1) is 15.0. The maximum atomic E-state index is 13.3. The summed E-state index contributed by atoms with van der Waals surface area (Å²) in [6.07, 6.45) is 0.884. The summed E-state index contributed by atoms with van der Waals surface area (Å²) in [5, 5.41) is 11.5. The van der Waals surface area contributed by atoms with Crippen LogP contribution in [-0.2, 0) is 4.79 Å². The lowest BCUT2D eigenvalue weighted by molar-refractivity contribution is -0.123. The highest BCUT2D eigenvalue weighted by molar-refractivity contribution is 5.77. The van der Waals surface area contributed by atoms with Crippen molar-refractivity contribution >= 4 is 5.91 Å². The Bertz CT molecular complexity index is 481. The Hall–Kier alpha value is -2.09. The summed E-state index contributed by atoms with van der Waals surface area (Å²) in [6, 6.07) is 5.78. The lowest BCUT2D eigenvalue weighted by Crippen LogP contribution is -2.30. The molecule has 0 saturated heterocycles. The van der Waals surface area contributed by atoms with E-state index in [0.29, 0.717) is 12.5 Å². The van der Waals surface area contributed by atoms with Gasteiger partial charge in [0.15, 0.2) is 6.61 Å². The first-order valence-corrected chi connectivity index (χ1v) is 6.12. The number of benzene rings is 1. The van der Waals surface area contributed by atoms with E-state index in [1.807, 2.05) is 0 Å². The number of carbonyl (C=O) groups is 1. The number of ether oxygens (including phenoxy) is 1. The van der Waals surface area contributed by atoms with Gasteiger partial charge in [-0.25, -0.2) is 4.39 Å². The van der Waals surface area contributed by atoms with Crippen molar-refractivity contribution in [3.05, 3.63) is 29.6 Å². The molecule has 0 saturated carbocycles. The fourth-order valence-corrected chi connectivity index (χ4v) is 1.43. The van der Waals surface area contributed by atoms with Crippen molar-refractivity contribution < 1.29 is 13.9 Å². The SMILES string of the molecule is CC(C)CCNC(=O)COc1cccc(F)c1C#N. The summed E-state index contributed by atoms with van der Waals surface area (Å²) < 4.78 is 18.4. The zero-order valence-corrected chi connectivity index (χ0v) is 11.1. The maximum absolute atomic E-state index is 13.3. The van der Waals surface area contributed by atoms with Crippen molar-refractivity contribution in [2.24, 2.45) is 5.92 Å². The van der Waals surface area contributed by atoms with Crippen LogP contribution in [0.4, 0.5) is 4.39 Å². The molecule has 0 bridgehead atoms. The zero-order chi connectivity index (χ0) is 14.3. The number of nitriles is 1. The highest BCUT2D eigenvalue weighted by atomic mass is 19.1. The number of hydrogen-bond donors (Lipinski definition) is 1. The molecule has 0 spiro atoms. The van der Waals surface area contributed by atoms with E-state index in [1.54, 1.807) is 6.07 Å². The standard InChI is InChI=1S/C14H17FN2O2/c1-10(2)6-7-17-14(18)9-19-13-5-3-4-12(15)11(13)8-16/h3-5,10H,6-7,9H2,1-2H3,(H,17,18). The number of nitrogens with one attached hydrogen (secondary N) is 1. The molecule has 0 aliphatic heterocycles. The van der Waals surface area contributed by atoms with Gasteiger partial charge in [0.25, 0.3) is 5.91 Å². The van der Waals surface area contributed by atoms with Gasteiger partial charge in [0.1, 0.15) is 23.2 Å². The monoisotopic (exact) mass is 264 g/mol. The quantitative estimate of drug-likeness (QED) is 0.857. The van der Waals surface area contributed by atoms with Crippen LogP contribution in [0.5, 0.6) is 5.75 Å². The van der Waals surface area contributed by atoms with E-state index in [0.717, 1.165) is 6.42 Å². The molecule has 1 amide bonds. The molecule has 0 unspecified atom stereocenters. The minimum atomic E-state index is -0.653. The van der Waals surface area contributed by atoms with Crippen molar-refractivity contribution in [1.29, 1.82) is 5.26 Å². The molecule has 0 aliphatic carbocycles. The van der Waals surface area contributed by atoms with Gasteiger partial charge in [0.2, 0.25) is 0 Å². The molecule has 1 aromatic carbocycles. The highest BCUT2D eigenvalue weighted by Crippen LogP contribution is 2.19. The maximum Gasteiger partial charge on any atom is 0.257 e. The second-order valence-electron chi connectivity index (χ2n) is 4.55. The molecule has 0 aliphatic rings. The van der Waals surface area contributed by atoms with E-state index >= 15 is 0 Å². The molecule has 1 aromatic rings. The lowest BCUT2D eigenvalue weighted by Gasteiger charge is -2.09. The second-order valence-corrected chi connectivity index (χ2v) is 4.55. The summed E-state index contributed by atoms with van der Waals surface area (Å²) in [7, 11) is 0. The van der Waals surface area contributed by atoms with Crippen LogP contribution >= 0.6 is 0 Å². The van der Waals surface area contributed by atoms with Crippen LogP contribution in [0, 0.1) is 23.1 Å².